The van der Waals surface area contributed by atoms with Crippen molar-refractivity contribution in [3.05, 3.63) is 23.8 Å². The van der Waals surface area contributed by atoms with Crippen LogP contribution in [-0.2, 0) is 4.74 Å². The summed E-state index contributed by atoms with van der Waals surface area (Å²) in [6.45, 7) is 0. The van der Waals surface area contributed by atoms with Crippen molar-refractivity contribution in [2.75, 3.05) is 7.11 Å². The number of fused-ring (bicyclic) bond motifs is 1. The Morgan fingerprint density at radius 2 is 2.50 bits per heavy atom. The fourth-order valence-corrected chi connectivity index (χ4v) is 2.13. The van der Waals surface area contributed by atoms with Gasteiger partial charge in [0.2, 0.25) is 0 Å². The highest BCUT2D eigenvalue weighted by Gasteiger charge is 2.42. The van der Waals surface area contributed by atoms with E-state index in [1.165, 1.54) is 0 Å². The first kappa shape index (κ1) is 8.02. The van der Waals surface area contributed by atoms with Gasteiger partial charge < -0.3 is 9.84 Å². The van der Waals surface area contributed by atoms with Gasteiger partial charge in [0, 0.05) is 13.5 Å². The molecule has 66 valence electrons. The summed E-state index contributed by atoms with van der Waals surface area (Å²) >= 11 is 0. The molecule has 2 aliphatic carbocycles. The molecule has 0 radical (unpaired) electrons. The predicted octanol–water partition coefficient (Wildman–Crippen LogP) is 1.62. The van der Waals surface area contributed by atoms with Crippen LogP contribution in [0.15, 0.2) is 23.8 Å². The number of hydrogen-bond donors (Lipinski definition) is 1. The summed E-state index contributed by atoms with van der Waals surface area (Å²) in [5.41, 5.74) is 1.06. The lowest BCUT2D eigenvalue weighted by Gasteiger charge is -2.25. The van der Waals surface area contributed by atoms with Gasteiger partial charge in [-0.2, -0.15) is 0 Å². The van der Waals surface area contributed by atoms with Crippen molar-refractivity contribution in [3.8, 4) is 0 Å². The van der Waals surface area contributed by atoms with Gasteiger partial charge in [0.1, 0.15) is 0 Å². The monoisotopic (exact) mass is 166 g/mol. The molecule has 0 aliphatic heterocycles. The number of rotatable bonds is 1. The van der Waals surface area contributed by atoms with Crippen LogP contribution in [0.5, 0.6) is 0 Å². The first-order chi connectivity index (χ1) is 5.76. The summed E-state index contributed by atoms with van der Waals surface area (Å²) in [4.78, 5) is 0. The third-order valence-corrected chi connectivity index (χ3v) is 2.89. The molecule has 2 nitrogen and oxygen atoms in total. The number of ether oxygens (including phenoxy) is 1. The standard InChI is InChI=1S/C10H14O2/c1-12-10(11)7-6-8-4-2-3-5-9(8)10/h2-3,5,8,11H,4,6-7H2,1H3. The van der Waals surface area contributed by atoms with Crippen molar-refractivity contribution >= 4 is 0 Å². The van der Waals surface area contributed by atoms with E-state index in [4.69, 9.17) is 4.74 Å². The molecule has 0 aromatic carbocycles. The smallest absolute Gasteiger partial charge is 0.188 e. The average Bonchev–Trinajstić information content (AvgIpc) is 2.46. The van der Waals surface area contributed by atoms with E-state index < -0.39 is 5.79 Å². The highest BCUT2D eigenvalue weighted by Crippen LogP contribution is 2.43. The lowest BCUT2D eigenvalue weighted by Crippen LogP contribution is -2.30. The molecule has 1 saturated carbocycles. The van der Waals surface area contributed by atoms with Crippen LogP contribution in [0.1, 0.15) is 19.3 Å². The first-order valence-electron chi connectivity index (χ1n) is 4.41. The molecule has 0 aromatic heterocycles. The van der Waals surface area contributed by atoms with Crippen LogP contribution in [0.4, 0.5) is 0 Å². The maximum atomic E-state index is 9.97. The van der Waals surface area contributed by atoms with Gasteiger partial charge >= 0.3 is 0 Å². The van der Waals surface area contributed by atoms with Crippen LogP contribution in [0.2, 0.25) is 0 Å². The van der Waals surface area contributed by atoms with Gasteiger partial charge in [0.25, 0.3) is 0 Å². The van der Waals surface area contributed by atoms with Crippen LogP contribution in [0.3, 0.4) is 0 Å². The van der Waals surface area contributed by atoms with E-state index in [1.807, 2.05) is 12.2 Å². The second-order valence-electron chi connectivity index (χ2n) is 3.51. The van der Waals surface area contributed by atoms with Gasteiger partial charge in [-0.1, -0.05) is 18.2 Å². The van der Waals surface area contributed by atoms with Gasteiger partial charge in [-0.3, -0.25) is 0 Å². The molecule has 2 atom stereocenters. The predicted molar refractivity (Wildman–Crippen MR) is 46.5 cm³/mol. The molecule has 0 aromatic rings. The molecule has 2 aliphatic rings. The second-order valence-corrected chi connectivity index (χ2v) is 3.51. The molecule has 0 saturated heterocycles. The maximum absolute atomic E-state index is 9.97. The van der Waals surface area contributed by atoms with Crippen LogP contribution in [-0.4, -0.2) is 18.0 Å². The van der Waals surface area contributed by atoms with Gasteiger partial charge in [0.05, 0.1) is 0 Å². The zero-order chi connectivity index (χ0) is 8.60. The third kappa shape index (κ3) is 1.03. The SMILES string of the molecule is COC1(O)CCC2CC=CC=C21. The Hall–Kier alpha value is -0.600. The Morgan fingerprint density at radius 1 is 1.67 bits per heavy atom. The highest BCUT2D eigenvalue weighted by atomic mass is 16.6. The maximum Gasteiger partial charge on any atom is 0.188 e. The Kier molecular flexibility index (Phi) is 1.81. The minimum atomic E-state index is -0.963. The number of allylic oxidation sites excluding steroid dienone is 3. The molecule has 0 bridgehead atoms. The van der Waals surface area contributed by atoms with Crippen molar-refractivity contribution in [2.45, 2.75) is 25.0 Å². The Balaban J connectivity index is 2.30. The lowest BCUT2D eigenvalue weighted by atomic mass is 9.93. The molecule has 2 heteroatoms. The topological polar surface area (TPSA) is 29.5 Å². The number of aliphatic hydroxyl groups is 1. The largest absolute Gasteiger partial charge is 0.362 e. The molecule has 0 spiro atoms. The molecule has 2 unspecified atom stereocenters. The molecule has 12 heavy (non-hydrogen) atoms. The fraction of sp³-hybridized carbons (Fsp3) is 0.600. The van der Waals surface area contributed by atoms with E-state index in [0.717, 1.165) is 24.8 Å². The summed E-state index contributed by atoms with van der Waals surface area (Å²) in [5, 5.41) is 9.97. The van der Waals surface area contributed by atoms with Crippen LogP contribution in [0.25, 0.3) is 0 Å². The third-order valence-electron chi connectivity index (χ3n) is 2.89. The van der Waals surface area contributed by atoms with Gasteiger partial charge in [-0.25, -0.2) is 0 Å². The summed E-state index contributed by atoms with van der Waals surface area (Å²) in [5.74, 6) is -0.449. The molecular formula is C10H14O2. The van der Waals surface area contributed by atoms with Crippen molar-refractivity contribution < 1.29 is 9.84 Å². The minimum Gasteiger partial charge on any atom is -0.362 e. The Bertz CT molecular complexity index is 242. The molecule has 1 N–H and O–H groups in total. The van der Waals surface area contributed by atoms with Crippen molar-refractivity contribution in [1.29, 1.82) is 0 Å². The normalized spacial score (nSPS) is 39.5. The molecule has 0 heterocycles. The van der Waals surface area contributed by atoms with Gasteiger partial charge in [0.15, 0.2) is 5.79 Å². The fourth-order valence-electron chi connectivity index (χ4n) is 2.13. The van der Waals surface area contributed by atoms with E-state index in [-0.39, 0.29) is 0 Å². The highest BCUT2D eigenvalue weighted by molar-refractivity contribution is 5.29. The second kappa shape index (κ2) is 2.71. The van der Waals surface area contributed by atoms with E-state index in [1.54, 1.807) is 7.11 Å². The van der Waals surface area contributed by atoms with Crippen LogP contribution >= 0.6 is 0 Å². The van der Waals surface area contributed by atoms with E-state index in [9.17, 15) is 5.11 Å². The van der Waals surface area contributed by atoms with Crippen LogP contribution < -0.4 is 0 Å². The van der Waals surface area contributed by atoms with E-state index in [2.05, 4.69) is 6.08 Å². The average molecular weight is 166 g/mol. The first-order valence-corrected chi connectivity index (χ1v) is 4.41. The minimum absolute atomic E-state index is 0.514. The van der Waals surface area contributed by atoms with Gasteiger partial charge in [-0.15, -0.1) is 0 Å². The number of hydrogen-bond acceptors (Lipinski definition) is 2. The summed E-state index contributed by atoms with van der Waals surface area (Å²) in [6, 6.07) is 0. The quantitative estimate of drug-likeness (QED) is 0.600. The Morgan fingerprint density at radius 3 is 3.25 bits per heavy atom. The van der Waals surface area contributed by atoms with Gasteiger partial charge in [-0.05, 0) is 24.3 Å². The molecule has 1 fully saturated rings. The number of methoxy groups -OCH3 is 1. The van der Waals surface area contributed by atoms with Crippen molar-refractivity contribution in [2.24, 2.45) is 5.92 Å². The zero-order valence-electron chi connectivity index (χ0n) is 7.29. The summed E-state index contributed by atoms with van der Waals surface area (Å²) < 4.78 is 5.12. The summed E-state index contributed by atoms with van der Waals surface area (Å²) in [6.07, 6.45) is 8.97. The van der Waals surface area contributed by atoms with E-state index in [0.29, 0.717) is 5.92 Å². The van der Waals surface area contributed by atoms with Crippen LogP contribution in [0, 0.1) is 5.92 Å². The van der Waals surface area contributed by atoms with Crippen molar-refractivity contribution in [1.82, 2.24) is 0 Å². The zero-order valence-corrected chi connectivity index (χ0v) is 7.29. The molecular weight excluding hydrogens is 152 g/mol. The summed E-state index contributed by atoms with van der Waals surface area (Å²) in [7, 11) is 1.57. The van der Waals surface area contributed by atoms with E-state index >= 15 is 0 Å². The van der Waals surface area contributed by atoms with Crippen molar-refractivity contribution in [3.63, 3.8) is 0 Å². The Labute approximate surface area is 72.5 Å². The lowest BCUT2D eigenvalue weighted by molar-refractivity contribution is -0.150. The molecule has 0 amide bonds. The molecule has 2 rings (SSSR count).